The average Bonchev–Trinajstić information content (AvgIpc) is 2.52. The fourth-order valence-corrected chi connectivity index (χ4v) is 2.84. The summed E-state index contributed by atoms with van der Waals surface area (Å²) in [6.45, 7) is 7.67. The van der Waals surface area contributed by atoms with Crippen molar-refractivity contribution in [1.82, 2.24) is 5.32 Å². The standard InChI is InChI=1S/C17H29NO2S/c1-4-9-18-15(2)16-7-5-8-17(14-16)21-13-6-10-20-12-11-19-3/h5,7-8,14-15,18H,4,6,9-13H2,1-3H3. The van der Waals surface area contributed by atoms with Crippen molar-refractivity contribution in [3.63, 3.8) is 0 Å². The molecule has 0 radical (unpaired) electrons. The molecule has 1 N–H and O–H groups in total. The predicted octanol–water partition coefficient (Wildman–Crippen LogP) is 3.89. The molecule has 0 spiro atoms. The molecular formula is C17H29NO2S. The van der Waals surface area contributed by atoms with Crippen molar-refractivity contribution in [1.29, 1.82) is 0 Å². The first-order valence-electron chi connectivity index (χ1n) is 7.80. The van der Waals surface area contributed by atoms with E-state index in [1.807, 2.05) is 11.8 Å². The summed E-state index contributed by atoms with van der Waals surface area (Å²) in [7, 11) is 1.70. The van der Waals surface area contributed by atoms with Crippen LogP contribution in [0.3, 0.4) is 0 Å². The first kappa shape index (κ1) is 18.5. The van der Waals surface area contributed by atoms with E-state index in [0.717, 1.165) is 25.3 Å². The summed E-state index contributed by atoms with van der Waals surface area (Å²) in [5, 5.41) is 3.53. The fraction of sp³-hybridized carbons (Fsp3) is 0.647. The average molecular weight is 311 g/mol. The van der Waals surface area contributed by atoms with Crippen LogP contribution in [-0.2, 0) is 9.47 Å². The van der Waals surface area contributed by atoms with E-state index in [0.29, 0.717) is 19.3 Å². The Morgan fingerprint density at radius 2 is 2.10 bits per heavy atom. The summed E-state index contributed by atoms with van der Waals surface area (Å²) in [6.07, 6.45) is 2.24. The van der Waals surface area contributed by atoms with Crippen LogP contribution in [0, 0.1) is 0 Å². The van der Waals surface area contributed by atoms with Crippen molar-refractivity contribution >= 4 is 11.8 Å². The lowest BCUT2D eigenvalue weighted by Crippen LogP contribution is -2.19. The van der Waals surface area contributed by atoms with Gasteiger partial charge in [-0.1, -0.05) is 19.1 Å². The molecule has 21 heavy (non-hydrogen) atoms. The predicted molar refractivity (Wildman–Crippen MR) is 91.2 cm³/mol. The second-order valence-electron chi connectivity index (χ2n) is 5.06. The Kier molecular flexibility index (Phi) is 10.6. The zero-order valence-corrected chi connectivity index (χ0v) is 14.4. The Bertz CT molecular complexity index is 374. The highest BCUT2D eigenvalue weighted by molar-refractivity contribution is 7.99. The van der Waals surface area contributed by atoms with Crippen LogP contribution >= 0.6 is 11.8 Å². The van der Waals surface area contributed by atoms with Crippen molar-refractivity contribution in [2.24, 2.45) is 0 Å². The van der Waals surface area contributed by atoms with Crippen molar-refractivity contribution in [3.05, 3.63) is 29.8 Å². The van der Waals surface area contributed by atoms with Crippen LogP contribution in [0.2, 0.25) is 0 Å². The summed E-state index contributed by atoms with van der Waals surface area (Å²) in [5.74, 6) is 1.09. The first-order valence-corrected chi connectivity index (χ1v) is 8.79. The normalized spacial score (nSPS) is 12.5. The van der Waals surface area contributed by atoms with Crippen LogP contribution in [0.25, 0.3) is 0 Å². The topological polar surface area (TPSA) is 30.5 Å². The minimum atomic E-state index is 0.419. The van der Waals surface area contributed by atoms with Gasteiger partial charge in [0.2, 0.25) is 0 Å². The third-order valence-corrected chi connectivity index (χ3v) is 4.27. The number of methoxy groups -OCH3 is 1. The van der Waals surface area contributed by atoms with Crippen molar-refractivity contribution in [2.45, 2.75) is 37.6 Å². The van der Waals surface area contributed by atoms with E-state index in [1.54, 1.807) is 7.11 Å². The maximum absolute atomic E-state index is 5.47. The highest BCUT2D eigenvalue weighted by Crippen LogP contribution is 2.23. The molecule has 0 heterocycles. The lowest BCUT2D eigenvalue weighted by Gasteiger charge is -2.14. The van der Waals surface area contributed by atoms with Gasteiger partial charge in [-0.2, -0.15) is 0 Å². The van der Waals surface area contributed by atoms with E-state index in [1.165, 1.54) is 16.9 Å². The molecule has 0 fully saturated rings. The zero-order chi connectivity index (χ0) is 15.3. The molecule has 1 atom stereocenters. The number of rotatable bonds is 12. The SMILES string of the molecule is CCCNC(C)c1cccc(SCCCOCCOC)c1. The molecule has 0 bridgehead atoms. The summed E-state index contributed by atoms with van der Waals surface area (Å²) in [5.41, 5.74) is 1.37. The lowest BCUT2D eigenvalue weighted by molar-refractivity contribution is 0.0713. The van der Waals surface area contributed by atoms with Crippen LogP contribution in [0.15, 0.2) is 29.2 Å². The van der Waals surface area contributed by atoms with Gasteiger partial charge >= 0.3 is 0 Å². The monoisotopic (exact) mass is 311 g/mol. The van der Waals surface area contributed by atoms with Gasteiger partial charge in [0, 0.05) is 30.4 Å². The second-order valence-corrected chi connectivity index (χ2v) is 6.22. The van der Waals surface area contributed by atoms with E-state index >= 15 is 0 Å². The lowest BCUT2D eigenvalue weighted by atomic mass is 10.1. The summed E-state index contributed by atoms with van der Waals surface area (Å²) in [4.78, 5) is 1.34. The molecule has 3 nitrogen and oxygen atoms in total. The van der Waals surface area contributed by atoms with Crippen molar-refractivity contribution in [3.8, 4) is 0 Å². The molecule has 0 aliphatic carbocycles. The van der Waals surface area contributed by atoms with E-state index in [9.17, 15) is 0 Å². The van der Waals surface area contributed by atoms with Gasteiger partial charge in [0.15, 0.2) is 0 Å². The number of hydrogen-bond donors (Lipinski definition) is 1. The third kappa shape index (κ3) is 8.47. The van der Waals surface area contributed by atoms with Gasteiger partial charge in [-0.25, -0.2) is 0 Å². The third-order valence-electron chi connectivity index (χ3n) is 3.19. The van der Waals surface area contributed by atoms with E-state index < -0.39 is 0 Å². The Morgan fingerprint density at radius 1 is 1.24 bits per heavy atom. The number of benzene rings is 1. The number of nitrogens with one attached hydrogen (secondary N) is 1. The van der Waals surface area contributed by atoms with Crippen LogP contribution < -0.4 is 5.32 Å². The molecule has 1 unspecified atom stereocenters. The molecular weight excluding hydrogens is 282 g/mol. The van der Waals surface area contributed by atoms with E-state index in [4.69, 9.17) is 9.47 Å². The summed E-state index contributed by atoms with van der Waals surface area (Å²) in [6, 6.07) is 9.25. The molecule has 0 amide bonds. The molecule has 4 heteroatoms. The van der Waals surface area contributed by atoms with Crippen LogP contribution in [-0.4, -0.2) is 39.2 Å². The quantitative estimate of drug-likeness (QED) is 0.468. The largest absolute Gasteiger partial charge is 0.382 e. The highest BCUT2D eigenvalue weighted by Gasteiger charge is 2.04. The van der Waals surface area contributed by atoms with Crippen LogP contribution in [0.5, 0.6) is 0 Å². The van der Waals surface area contributed by atoms with Gasteiger partial charge < -0.3 is 14.8 Å². The Morgan fingerprint density at radius 3 is 2.86 bits per heavy atom. The Balaban J connectivity index is 2.26. The van der Waals surface area contributed by atoms with E-state index in [-0.39, 0.29) is 0 Å². The van der Waals surface area contributed by atoms with Gasteiger partial charge in [-0.3, -0.25) is 0 Å². The van der Waals surface area contributed by atoms with Gasteiger partial charge in [0.1, 0.15) is 0 Å². The molecule has 1 rings (SSSR count). The molecule has 0 saturated heterocycles. The maximum atomic E-state index is 5.47. The number of thioether (sulfide) groups is 1. The minimum Gasteiger partial charge on any atom is -0.382 e. The highest BCUT2D eigenvalue weighted by atomic mass is 32.2. The molecule has 1 aromatic rings. The number of ether oxygens (including phenoxy) is 2. The van der Waals surface area contributed by atoms with Gasteiger partial charge in [-0.05, 0) is 44.0 Å². The van der Waals surface area contributed by atoms with Crippen LogP contribution in [0.1, 0.15) is 38.3 Å². The second kappa shape index (κ2) is 12.0. The molecule has 0 aliphatic rings. The molecule has 0 saturated carbocycles. The molecule has 1 aromatic carbocycles. The molecule has 0 aliphatic heterocycles. The van der Waals surface area contributed by atoms with Crippen molar-refractivity contribution in [2.75, 3.05) is 39.2 Å². The van der Waals surface area contributed by atoms with Gasteiger partial charge in [-0.15, -0.1) is 11.8 Å². The molecule has 0 aromatic heterocycles. The van der Waals surface area contributed by atoms with Crippen molar-refractivity contribution < 1.29 is 9.47 Å². The molecule has 120 valence electrons. The Labute approximate surface area is 133 Å². The summed E-state index contributed by atoms with van der Waals surface area (Å²) >= 11 is 1.90. The zero-order valence-electron chi connectivity index (χ0n) is 13.6. The maximum Gasteiger partial charge on any atom is 0.0700 e. The van der Waals surface area contributed by atoms with Gasteiger partial charge in [0.05, 0.1) is 13.2 Å². The van der Waals surface area contributed by atoms with Crippen LogP contribution in [0.4, 0.5) is 0 Å². The Hall–Kier alpha value is -0.550. The fourth-order valence-electron chi connectivity index (χ4n) is 1.95. The number of hydrogen-bond acceptors (Lipinski definition) is 4. The minimum absolute atomic E-state index is 0.419. The smallest absolute Gasteiger partial charge is 0.0700 e. The summed E-state index contributed by atoms with van der Waals surface area (Å²) < 4.78 is 10.4. The first-order chi connectivity index (χ1) is 10.3. The van der Waals surface area contributed by atoms with E-state index in [2.05, 4.69) is 43.4 Å². The van der Waals surface area contributed by atoms with Gasteiger partial charge in [0.25, 0.3) is 0 Å².